The van der Waals surface area contributed by atoms with Crippen molar-refractivity contribution in [2.24, 2.45) is 0 Å². The first kappa shape index (κ1) is 21.2. The molecule has 4 aromatic rings. The highest BCUT2D eigenvalue weighted by Gasteiger charge is 2.08. The Bertz CT molecular complexity index is 1160. The van der Waals surface area contributed by atoms with Gasteiger partial charge in [-0.25, -0.2) is 4.79 Å². The largest absolute Gasteiger partial charge is 0.482 e. The maximum atomic E-state index is 12.1. The van der Waals surface area contributed by atoms with E-state index in [1.807, 2.05) is 68.4 Å². The fourth-order valence-corrected chi connectivity index (χ4v) is 3.38. The number of hydrogen-bond acceptors (Lipinski definition) is 4. The summed E-state index contributed by atoms with van der Waals surface area (Å²) in [6, 6.07) is 30.6. The summed E-state index contributed by atoms with van der Waals surface area (Å²) in [4.78, 5) is 12.1. The monoisotopic (exact) mass is 424 g/mol. The van der Waals surface area contributed by atoms with Gasteiger partial charge in [0, 0.05) is 0 Å². The molecule has 0 spiro atoms. The van der Waals surface area contributed by atoms with E-state index in [2.05, 4.69) is 6.07 Å². The van der Waals surface area contributed by atoms with E-state index >= 15 is 0 Å². The number of aryl methyl sites for hydroxylation is 2. The average Bonchev–Trinajstić information content (AvgIpc) is 2.79. The summed E-state index contributed by atoms with van der Waals surface area (Å²) in [5, 5.41) is 0. The van der Waals surface area contributed by atoms with Crippen LogP contribution in [0.4, 0.5) is 0 Å². The summed E-state index contributed by atoms with van der Waals surface area (Å²) in [5.41, 5.74) is 4.46. The molecule has 0 amide bonds. The molecule has 0 aliphatic rings. The van der Waals surface area contributed by atoms with Gasteiger partial charge in [0.1, 0.15) is 23.0 Å². The quantitative estimate of drug-likeness (QED) is 0.243. The van der Waals surface area contributed by atoms with Gasteiger partial charge in [-0.2, -0.15) is 0 Å². The third-order valence-corrected chi connectivity index (χ3v) is 4.80. The fraction of sp³-hybridized carbons (Fsp3) is 0.107. The van der Waals surface area contributed by atoms with Gasteiger partial charge < -0.3 is 14.2 Å². The average molecular weight is 424 g/mol. The number of carbonyl (C=O) groups is 1. The van der Waals surface area contributed by atoms with Gasteiger partial charge in [0.25, 0.3) is 0 Å². The minimum Gasteiger partial charge on any atom is -0.482 e. The van der Waals surface area contributed by atoms with E-state index < -0.39 is 5.97 Å². The Labute approximate surface area is 188 Å². The van der Waals surface area contributed by atoms with Gasteiger partial charge in [0.05, 0.1) is 0 Å². The van der Waals surface area contributed by atoms with Crippen molar-refractivity contribution in [2.45, 2.75) is 13.8 Å². The van der Waals surface area contributed by atoms with E-state index in [-0.39, 0.29) is 6.61 Å². The second kappa shape index (κ2) is 9.84. The van der Waals surface area contributed by atoms with E-state index in [0.717, 1.165) is 28.0 Å². The SMILES string of the molecule is Cc1cc(C)cc(Oc2ccc(OCC(=O)Oc3ccc(-c4ccccc4)cc3)cc2)c1. The van der Waals surface area contributed by atoms with Crippen LogP contribution in [-0.4, -0.2) is 12.6 Å². The summed E-state index contributed by atoms with van der Waals surface area (Å²) in [6.45, 7) is 3.89. The topological polar surface area (TPSA) is 44.8 Å². The maximum absolute atomic E-state index is 12.1. The predicted molar refractivity (Wildman–Crippen MR) is 125 cm³/mol. The van der Waals surface area contributed by atoms with Gasteiger partial charge in [-0.1, -0.05) is 48.5 Å². The Morgan fingerprint density at radius 3 is 1.84 bits per heavy atom. The van der Waals surface area contributed by atoms with Crippen molar-refractivity contribution >= 4 is 5.97 Å². The highest BCUT2D eigenvalue weighted by atomic mass is 16.6. The molecule has 0 aliphatic heterocycles. The Morgan fingerprint density at radius 1 is 0.625 bits per heavy atom. The Balaban J connectivity index is 1.28. The number of ether oxygens (including phenoxy) is 3. The van der Waals surface area contributed by atoms with Gasteiger partial charge in [0.2, 0.25) is 0 Å². The molecule has 0 fully saturated rings. The first-order valence-corrected chi connectivity index (χ1v) is 10.4. The lowest BCUT2D eigenvalue weighted by Gasteiger charge is -2.10. The lowest BCUT2D eigenvalue weighted by atomic mass is 10.1. The molecule has 160 valence electrons. The van der Waals surface area contributed by atoms with Crippen LogP contribution >= 0.6 is 0 Å². The third-order valence-electron chi connectivity index (χ3n) is 4.80. The molecule has 0 aliphatic carbocycles. The van der Waals surface area contributed by atoms with Crippen molar-refractivity contribution in [1.29, 1.82) is 0 Å². The molecule has 0 saturated heterocycles. The first-order valence-electron chi connectivity index (χ1n) is 10.4. The van der Waals surface area contributed by atoms with Crippen LogP contribution in [0.3, 0.4) is 0 Å². The minimum absolute atomic E-state index is 0.183. The van der Waals surface area contributed by atoms with Gasteiger partial charge in [0.15, 0.2) is 6.61 Å². The first-order chi connectivity index (χ1) is 15.5. The predicted octanol–water partition coefficient (Wildman–Crippen LogP) is 6.75. The highest BCUT2D eigenvalue weighted by molar-refractivity contribution is 5.74. The Kier molecular flexibility index (Phi) is 6.52. The Morgan fingerprint density at radius 2 is 1.19 bits per heavy atom. The molecule has 0 atom stereocenters. The molecular weight excluding hydrogens is 400 g/mol. The molecule has 0 heterocycles. The van der Waals surface area contributed by atoms with E-state index in [9.17, 15) is 4.79 Å². The van der Waals surface area contributed by atoms with E-state index in [1.54, 1.807) is 36.4 Å². The van der Waals surface area contributed by atoms with Gasteiger partial charge in [-0.3, -0.25) is 0 Å². The molecule has 32 heavy (non-hydrogen) atoms. The second-order valence-electron chi connectivity index (χ2n) is 7.55. The van der Waals surface area contributed by atoms with Crippen LogP contribution in [0.15, 0.2) is 97.1 Å². The summed E-state index contributed by atoms with van der Waals surface area (Å²) >= 11 is 0. The molecule has 4 aromatic carbocycles. The number of esters is 1. The number of hydrogen-bond donors (Lipinski definition) is 0. The number of benzene rings is 4. The molecule has 0 radical (unpaired) electrons. The van der Waals surface area contributed by atoms with Crippen molar-refractivity contribution < 1.29 is 19.0 Å². The summed E-state index contributed by atoms with van der Waals surface area (Å²) in [5.74, 6) is 2.07. The standard InChI is InChI=1S/C28H24O4/c1-20-16-21(2)18-27(17-20)31-25-14-12-24(13-15-25)30-19-28(29)32-26-10-8-23(9-11-26)22-6-4-3-5-7-22/h3-18H,19H2,1-2H3. The summed E-state index contributed by atoms with van der Waals surface area (Å²) in [7, 11) is 0. The van der Waals surface area contributed by atoms with Gasteiger partial charge in [-0.05, 0) is 84.6 Å². The van der Waals surface area contributed by atoms with Crippen LogP contribution in [-0.2, 0) is 4.79 Å². The zero-order chi connectivity index (χ0) is 22.3. The normalized spacial score (nSPS) is 10.4. The summed E-state index contributed by atoms with van der Waals surface area (Å²) < 4.78 is 16.8. The third kappa shape index (κ3) is 5.76. The highest BCUT2D eigenvalue weighted by Crippen LogP contribution is 2.26. The second-order valence-corrected chi connectivity index (χ2v) is 7.55. The smallest absolute Gasteiger partial charge is 0.349 e. The van der Waals surface area contributed by atoms with Gasteiger partial charge >= 0.3 is 5.97 Å². The lowest BCUT2D eigenvalue weighted by Crippen LogP contribution is -2.17. The van der Waals surface area contributed by atoms with Crippen LogP contribution in [0.2, 0.25) is 0 Å². The zero-order valence-electron chi connectivity index (χ0n) is 18.1. The Hall–Kier alpha value is -4.05. The molecule has 0 unspecified atom stereocenters. The van der Waals surface area contributed by atoms with E-state index in [0.29, 0.717) is 17.2 Å². The van der Waals surface area contributed by atoms with Crippen LogP contribution in [0.1, 0.15) is 11.1 Å². The minimum atomic E-state index is -0.465. The van der Waals surface area contributed by atoms with E-state index in [4.69, 9.17) is 14.2 Å². The zero-order valence-corrected chi connectivity index (χ0v) is 18.1. The maximum Gasteiger partial charge on any atom is 0.349 e. The van der Waals surface area contributed by atoms with Gasteiger partial charge in [-0.15, -0.1) is 0 Å². The van der Waals surface area contributed by atoms with E-state index in [1.165, 1.54) is 0 Å². The summed E-state index contributed by atoms with van der Waals surface area (Å²) in [6.07, 6.45) is 0. The number of rotatable bonds is 7. The van der Waals surface area contributed by atoms with Crippen molar-refractivity contribution in [3.8, 4) is 34.1 Å². The lowest BCUT2D eigenvalue weighted by molar-refractivity contribution is -0.136. The van der Waals surface area contributed by atoms with Crippen molar-refractivity contribution in [3.05, 3.63) is 108 Å². The van der Waals surface area contributed by atoms with Crippen LogP contribution in [0.5, 0.6) is 23.0 Å². The molecule has 0 bridgehead atoms. The molecule has 0 N–H and O–H groups in total. The molecular formula is C28H24O4. The molecule has 0 saturated carbocycles. The van der Waals surface area contributed by atoms with Crippen LogP contribution in [0, 0.1) is 13.8 Å². The number of carbonyl (C=O) groups excluding carboxylic acids is 1. The molecule has 4 nitrogen and oxygen atoms in total. The molecule has 4 rings (SSSR count). The van der Waals surface area contributed by atoms with Crippen LogP contribution in [0.25, 0.3) is 11.1 Å². The fourth-order valence-electron chi connectivity index (χ4n) is 3.38. The van der Waals surface area contributed by atoms with Crippen molar-refractivity contribution in [3.63, 3.8) is 0 Å². The van der Waals surface area contributed by atoms with Crippen molar-refractivity contribution in [2.75, 3.05) is 6.61 Å². The molecule has 4 heteroatoms. The van der Waals surface area contributed by atoms with Crippen molar-refractivity contribution in [1.82, 2.24) is 0 Å². The van der Waals surface area contributed by atoms with Crippen LogP contribution < -0.4 is 14.2 Å². The molecule has 0 aromatic heterocycles.